The van der Waals surface area contributed by atoms with Gasteiger partial charge >= 0.3 is 0 Å². The van der Waals surface area contributed by atoms with Crippen molar-refractivity contribution in [1.82, 2.24) is 4.90 Å². The zero-order valence-corrected chi connectivity index (χ0v) is 10.1. The summed E-state index contributed by atoms with van der Waals surface area (Å²) < 4.78 is 0. The number of aryl methyl sites for hydroxylation is 1. The highest BCUT2D eigenvalue weighted by molar-refractivity contribution is 7.08. The molecule has 1 fully saturated rings. The van der Waals surface area contributed by atoms with Gasteiger partial charge in [-0.3, -0.25) is 4.79 Å². The lowest BCUT2D eigenvalue weighted by Crippen LogP contribution is -2.34. The lowest BCUT2D eigenvalue weighted by Gasteiger charge is -2.21. The van der Waals surface area contributed by atoms with Gasteiger partial charge in [0.05, 0.1) is 18.1 Å². The Morgan fingerprint density at radius 3 is 2.88 bits per heavy atom. The largest absolute Gasteiger partial charge is 0.335 e. The van der Waals surface area contributed by atoms with Gasteiger partial charge in [-0.25, -0.2) is 0 Å². The standard InChI is InChI=1S/C12H14N2OS/c1-9-7-16-8-11(9)12(15)14(6-2-5-13)10-3-4-10/h7-8,10H,2-4,6H2,1H3. The third-order valence-corrected chi connectivity index (χ3v) is 3.66. The highest BCUT2D eigenvalue weighted by atomic mass is 32.1. The second-order valence-electron chi connectivity index (χ2n) is 4.11. The van der Waals surface area contributed by atoms with Crippen molar-refractivity contribution in [3.63, 3.8) is 0 Å². The summed E-state index contributed by atoms with van der Waals surface area (Å²) in [5.41, 5.74) is 1.84. The molecule has 0 N–H and O–H groups in total. The van der Waals surface area contributed by atoms with Gasteiger partial charge in [-0.15, -0.1) is 0 Å². The minimum Gasteiger partial charge on any atom is -0.335 e. The summed E-state index contributed by atoms with van der Waals surface area (Å²) in [5.74, 6) is 0.0940. The van der Waals surface area contributed by atoms with Gasteiger partial charge < -0.3 is 4.90 Å². The van der Waals surface area contributed by atoms with Crippen LogP contribution in [0.1, 0.15) is 35.2 Å². The Hall–Kier alpha value is -1.34. The molecule has 4 heteroatoms. The van der Waals surface area contributed by atoms with Crippen LogP contribution in [0, 0.1) is 18.3 Å². The molecular formula is C12H14N2OS. The molecule has 0 unspecified atom stereocenters. The maximum atomic E-state index is 12.2. The Bertz CT molecular complexity index is 428. The number of carbonyl (C=O) groups excluding carboxylic acids is 1. The van der Waals surface area contributed by atoms with Gasteiger partial charge in [0.15, 0.2) is 0 Å². The molecule has 3 nitrogen and oxygen atoms in total. The van der Waals surface area contributed by atoms with Crippen LogP contribution in [0.2, 0.25) is 0 Å². The Labute approximate surface area is 99.3 Å². The van der Waals surface area contributed by atoms with Crippen LogP contribution in [-0.2, 0) is 0 Å². The van der Waals surface area contributed by atoms with E-state index in [0.717, 1.165) is 24.0 Å². The third-order valence-electron chi connectivity index (χ3n) is 2.80. The van der Waals surface area contributed by atoms with Gasteiger partial charge in [-0.2, -0.15) is 16.6 Å². The van der Waals surface area contributed by atoms with Crippen LogP contribution >= 0.6 is 11.3 Å². The quantitative estimate of drug-likeness (QED) is 0.803. The first-order chi connectivity index (χ1) is 7.74. The molecule has 1 aromatic heterocycles. The van der Waals surface area contributed by atoms with Crippen LogP contribution in [-0.4, -0.2) is 23.4 Å². The van der Waals surface area contributed by atoms with Crippen LogP contribution in [0.3, 0.4) is 0 Å². The summed E-state index contributed by atoms with van der Waals surface area (Å²) in [6.07, 6.45) is 2.59. The minimum atomic E-state index is 0.0940. The first-order valence-electron chi connectivity index (χ1n) is 5.44. The zero-order valence-electron chi connectivity index (χ0n) is 9.27. The fraction of sp³-hybridized carbons (Fsp3) is 0.500. The Kier molecular flexibility index (Phi) is 3.25. The van der Waals surface area contributed by atoms with Crippen LogP contribution < -0.4 is 0 Å². The molecule has 84 valence electrons. The van der Waals surface area contributed by atoms with Crippen molar-refractivity contribution in [2.75, 3.05) is 6.54 Å². The molecule has 0 atom stereocenters. The number of amides is 1. The molecule has 1 amide bonds. The van der Waals surface area contributed by atoms with Crippen molar-refractivity contribution in [2.45, 2.75) is 32.2 Å². The molecule has 0 aromatic carbocycles. The SMILES string of the molecule is Cc1cscc1C(=O)N(CCC#N)C1CC1. The highest BCUT2D eigenvalue weighted by Crippen LogP contribution is 2.29. The van der Waals surface area contributed by atoms with Gasteiger partial charge in [0.2, 0.25) is 0 Å². The number of hydrogen-bond acceptors (Lipinski definition) is 3. The summed E-state index contributed by atoms with van der Waals surface area (Å²) in [6, 6.07) is 2.48. The maximum Gasteiger partial charge on any atom is 0.255 e. The smallest absolute Gasteiger partial charge is 0.255 e. The summed E-state index contributed by atoms with van der Waals surface area (Å²) in [6.45, 7) is 2.52. The van der Waals surface area contributed by atoms with E-state index in [9.17, 15) is 4.79 Å². The van der Waals surface area contributed by atoms with Crippen LogP contribution in [0.25, 0.3) is 0 Å². The van der Waals surface area contributed by atoms with Crippen molar-refractivity contribution in [1.29, 1.82) is 5.26 Å². The number of hydrogen-bond donors (Lipinski definition) is 0. The number of thiophene rings is 1. The molecule has 1 aliphatic carbocycles. The molecule has 1 aromatic rings. The number of rotatable bonds is 4. The first-order valence-corrected chi connectivity index (χ1v) is 6.39. The lowest BCUT2D eigenvalue weighted by molar-refractivity contribution is 0.0746. The number of nitriles is 1. The number of carbonyl (C=O) groups is 1. The van der Waals surface area contributed by atoms with Gasteiger partial charge in [0.25, 0.3) is 5.91 Å². The summed E-state index contributed by atoms with van der Waals surface area (Å²) in [5, 5.41) is 12.5. The maximum absolute atomic E-state index is 12.2. The molecule has 0 saturated heterocycles. The van der Waals surface area contributed by atoms with Crippen LogP contribution in [0.5, 0.6) is 0 Å². The topological polar surface area (TPSA) is 44.1 Å². The predicted octanol–water partition coefficient (Wildman–Crippen LogP) is 2.57. The second-order valence-corrected chi connectivity index (χ2v) is 4.85. The highest BCUT2D eigenvalue weighted by Gasteiger charge is 2.33. The van der Waals surface area contributed by atoms with Crippen molar-refractivity contribution in [2.24, 2.45) is 0 Å². The van der Waals surface area contributed by atoms with Crippen molar-refractivity contribution >= 4 is 17.2 Å². The summed E-state index contributed by atoms with van der Waals surface area (Å²) in [7, 11) is 0. The fourth-order valence-electron chi connectivity index (χ4n) is 1.74. The Balaban J connectivity index is 2.11. The van der Waals surface area contributed by atoms with Gasteiger partial charge in [-0.05, 0) is 30.7 Å². The van der Waals surface area contributed by atoms with Crippen LogP contribution in [0.15, 0.2) is 10.8 Å². The summed E-state index contributed by atoms with van der Waals surface area (Å²) in [4.78, 5) is 14.1. The van der Waals surface area contributed by atoms with Crippen molar-refractivity contribution < 1.29 is 4.79 Å². The normalized spacial score (nSPS) is 14.5. The monoisotopic (exact) mass is 234 g/mol. The zero-order chi connectivity index (χ0) is 11.5. The first kappa shape index (κ1) is 11.2. The fourth-order valence-corrected chi connectivity index (χ4v) is 2.56. The van der Waals surface area contributed by atoms with E-state index in [0.29, 0.717) is 19.0 Å². The van der Waals surface area contributed by atoms with E-state index >= 15 is 0 Å². The predicted molar refractivity (Wildman–Crippen MR) is 63.3 cm³/mol. The van der Waals surface area contributed by atoms with E-state index in [1.807, 2.05) is 22.6 Å². The Morgan fingerprint density at radius 2 is 2.38 bits per heavy atom. The Morgan fingerprint density at radius 1 is 1.62 bits per heavy atom. The molecular weight excluding hydrogens is 220 g/mol. The molecule has 1 aliphatic rings. The minimum absolute atomic E-state index is 0.0940. The average Bonchev–Trinajstić information content (AvgIpc) is 3.01. The van der Waals surface area contributed by atoms with E-state index in [-0.39, 0.29) is 5.91 Å². The van der Waals surface area contributed by atoms with Crippen LogP contribution in [0.4, 0.5) is 0 Å². The molecule has 1 heterocycles. The van der Waals surface area contributed by atoms with E-state index in [4.69, 9.17) is 5.26 Å². The second kappa shape index (κ2) is 4.67. The number of nitrogens with zero attached hydrogens (tertiary/aromatic N) is 2. The van der Waals surface area contributed by atoms with E-state index < -0.39 is 0 Å². The molecule has 1 saturated carbocycles. The van der Waals surface area contributed by atoms with E-state index in [2.05, 4.69) is 6.07 Å². The van der Waals surface area contributed by atoms with Crippen molar-refractivity contribution in [3.05, 3.63) is 21.9 Å². The van der Waals surface area contributed by atoms with Crippen molar-refractivity contribution in [3.8, 4) is 6.07 Å². The molecule has 0 aliphatic heterocycles. The molecule has 2 rings (SSSR count). The van der Waals surface area contributed by atoms with Gasteiger partial charge in [0.1, 0.15) is 0 Å². The molecule has 0 bridgehead atoms. The molecule has 0 spiro atoms. The van der Waals surface area contributed by atoms with E-state index in [1.165, 1.54) is 0 Å². The third kappa shape index (κ3) is 2.25. The van der Waals surface area contributed by atoms with E-state index in [1.54, 1.807) is 11.3 Å². The molecule has 16 heavy (non-hydrogen) atoms. The lowest BCUT2D eigenvalue weighted by atomic mass is 10.2. The summed E-state index contributed by atoms with van der Waals surface area (Å²) >= 11 is 1.56. The molecule has 0 radical (unpaired) electrons. The van der Waals surface area contributed by atoms with Gasteiger partial charge in [0, 0.05) is 18.0 Å². The average molecular weight is 234 g/mol. The van der Waals surface area contributed by atoms with Gasteiger partial charge in [-0.1, -0.05) is 0 Å².